The average Bonchev–Trinajstić information content (AvgIpc) is 3.17. The minimum Gasteiger partial charge on any atom is -0.319 e. The Balaban J connectivity index is 1.79. The topological polar surface area (TPSA) is 68.4 Å². The van der Waals surface area contributed by atoms with Gasteiger partial charge in [0.25, 0.3) is 5.56 Å². The summed E-state index contributed by atoms with van der Waals surface area (Å²) in [4.78, 5) is 29.2. The van der Waals surface area contributed by atoms with E-state index in [1.807, 2.05) is 37.3 Å². The fraction of sp³-hybridized carbons (Fsp3) is 0.312. The van der Waals surface area contributed by atoms with Crippen LogP contribution < -0.4 is 10.9 Å². The summed E-state index contributed by atoms with van der Waals surface area (Å²) in [6, 6.07) is 9.36. The van der Waals surface area contributed by atoms with Crippen molar-refractivity contribution in [3.8, 4) is 5.69 Å². The minimum atomic E-state index is -0.230. The van der Waals surface area contributed by atoms with Crippen molar-refractivity contribution >= 4 is 39.5 Å². The lowest BCUT2D eigenvalue weighted by atomic mass is 10.3. The molecule has 0 aliphatic carbocycles. The van der Waals surface area contributed by atoms with Gasteiger partial charge in [-0.25, -0.2) is 4.68 Å². The summed E-state index contributed by atoms with van der Waals surface area (Å²) in [7, 11) is 1.80. The van der Waals surface area contributed by atoms with E-state index in [1.165, 1.54) is 11.8 Å². The van der Waals surface area contributed by atoms with E-state index >= 15 is 0 Å². The molecule has 1 aliphatic rings. The Labute approximate surface area is 148 Å². The van der Waals surface area contributed by atoms with Crippen molar-refractivity contribution in [2.45, 2.75) is 6.92 Å². The van der Waals surface area contributed by atoms with Gasteiger partial charge in [-0.05, 0) is 19.1 Å². The van der Waals surface area contributed by atoms with E-state index in [9.17, 15) is 9.59 Å². The number of aliphatic imine (C=N–C) groups is 1. The molecule has 0 saturated carbocycles. The van der Waals surface area contributed by atoms with Crippen molar-refractivity contribution in [3.63, 3.8) is 0 Å². The highest BCUT2D eigenvalue weighted by Gasteiger charge is 2.18. The van der Waals surface area contributed by atoms with Crippen molar-refractivity contribution in [1.82, 2.24) is 9.36 Å². The number of carbonyl (C=O) groups is 1. The molecule has 0 unspecified atom stereocenters. The Morgan fingerprint density at radius 2 is 2.12 bits per heavy atom. The summed E-state index contributed by atoms with van der Waals surface area (Å²) >= 11 is 3.08. The molecule has 24 heavy (non-hydrogen) atoms. The number of amides is 1. The second-order valence-corrected chi connectivity index (χ2v) is 7.58. The molecule has 126 valence electrons. The maximum atomic E-state index is 12.7. The van der Waals surface area contributed by atoms with Gasteiger partial charge in [-0.3, -0.25) is 19.3 Å². The van der Waals surface area contributed by atoms with E-state index in [4.69, 9.17) is 0 Å². The molecule has 1 aromatic heterocycles. The van der Waals surface area contributed by atoms with E-state index < -0.39 is 0 Å². The van der Waals surface area contributed by atoms with Crippen LogP contribution in [0.15, 0.2) is 40.1 Å². The molecular formula is C16H18N4O2S2. The highest BCUT2D eigenvalue weighted by atomic mass is 32.2. The summed E-state index contributed by atoms with van der Waals surface area (Å²) < 4.78 is 4.24. The molecule has 1 aliphatic heterocycles. The van der Waals surface area contributed by atoms with Crippen molar-refractivity contribution < 1.29 is 4.79 Å². The lowest BCUT2D eigenvalue weighted by Gasteiger charge is -2.07. The molecule has 1 amide bonds. The molecule has 2 aromatic rings. The maximum absolute atomic E-state index is 12.7. The first-order valence-electron chi connectivity index (χ1n) is 7.52. The van der Waals surface area contributed by atoms with Gasteiger partial charge in [-0.2, -0.15) is 0 Å². The Bertz CT molecular complexity index is 840. The van der Waals surface area contributed by atoms with Crippen LogP contribution in [-0.2, 0) is 11.8 Å². The van der Waals surface area contributed by atoms with Crippen molar-refractivity contribution in [2.24, 2.45) is 12.0 Å². The van der Waals surface area contributed by atoms with E-state index in [0.29, 0.717) is 5.69 Å². The molecule has 6 nitrogen and oxygen atoms in total. The molecule has 0 radical (unpaired) electrons. The van der Waals surface area contributed by atoms with Gasteiger partial charge in [-0.15, -0.1) is 0 Å². The molecule has 0 bridgehead atoms. The highest BCUT2D eigenvalue weighted by molar-refractivity contribution is 8.39. The summed E-state index contributed by atoms with van der Waals surface area (Å²) in [5, 5.41) is 2.76. The third-order valence-electron chi connectivity index (χ3n) is 3.70. The molecule has 0 spiro atoms. The van der Waals surface area contributed by atoms with Gasteiger partial charge >= 0.3 is 0 Å². The van der Waals surface area contributed by atoms with Gasteiger partial charge in [-0.1, -0.05) is 41.7 Å². The van der Waals surface area contributed by atoms with Crippen LogP contribution in [0.4, 0.5) is 5.69 Å². The third-order valence-corrected chi connectivity index (χ3v) is 5.96. The molecular weight excluding hydrogens is 344 g/mol. The van der Waals surface area contributed by atoms with Crippen molar-refractivity contribution in [1.29, 1.82) is 0 Å². The first kappa shape index (κ1) is 16.9. The Morgan fingerprint density at radius 1 is 1.38 bits per heavy atom. The third kappa shape index (κ3) is 3.44. The van der Waals surface area contributed by atoms with Crippen LogP contribution >= 0.6 is 23.5 Å². The molecule has 3 rings (SSSR count). The Kier molecular flexibility index (Phi) is 5.15. The lowest BCUT2D eigenvalue weighted by Crippen LogP contribution is -2.23. The van der Waals surface area contributed by atoms with Crippen LogP contribution in [0.1, 0.15) is 5.69 Å². The number of hydrogen-bond acceptors (Lipinski definition) is 5. The zero-order valence-electron chi connectivity index (χ0n) is 13.5. The molecule has 0 saturated heterocycles. The largest absolute Gasteiger partial charge is 0.319 e. The van der Waals surface area contributed by atoms with Crippen molar-refractivity contribution in [3.05, 3.63) is 46.4 Å². The van der Waals surface area contributed by atoms with Gasteiger partial charge in [0, 0.05) is 12.8 Å². The van der Waals surface area contributed by atoms with Gasteiger partial charge in [0.1, 0.15) is 10.1 Å². The predicted octanol–water partition coefficient (Wildman–Crippen LogP) is 2.26. The molecule has 8 heteroatoms. The van der Waals surface area contributed by atoms with Crippen LogP contribution in [0.25, 0.3) is 5.69 Å². The Hall–Kier alpha value is -1.93. The second kappa shape index (κ2) is 7.31. The number of nitrogens with one attached hydrogen (secondary N) is 1. The first-order valence-corrected chi connectivity index (χ1v) is 9.49. The summed E-state index contributed by atoms with van der Waals surface area (Å²) in [5.74, 6) is 1.04. The lowest BCUT2D eigenvalue weighted by molar-refractivity contribution is -0.113. The van der Waals surface area contributed by atoms with Crippen molar-refractivity contribution in [2.75, 3.05) is 23.4 Å². The number of aromatic nitrogens is 2. The highest BCUT2D eigenvalue weighted by Crippen LogP contribution is 2.22. The van der Waals surface area contributed by atoms with E-state index in [0.717, 1.165) is 28.1 Å². The number of para-hydroxylation sites is 1. The SMILES string of the molecule is Cc1c(NC(=O)CSC2=NCCS2)c(=O)n(-c2ccccc2)n1C. The fourth-order valence-electron chi connectivity index (χ4n) is 2.42. The van der Waals surface area contributed by atoms with Crippen LogP contribution in [-0.4, -0.2) is 37.7 Å². The van der Waals surface area contributed by atoms with Gasteiger partial charge in [0.15, 0.2) is 0 Å². The maximum Gasteiger partial charge on any atom is 0.295 e. The minimum absolute atomic E-state index is 0.193. The summed E-state index contributed by atoms with van der Waals surface area (Å²) in [5.41, 5.74) is 1.58. The number of carbonyl (C=O) groups excluding carboxylic acids is 1. The number of anilines is 1. The van der Waals surface area contributed by atoms with E-state index in [2.05, 4.69) is 10.3 Å². The zero-order chi connectivity index (χ0) is 17.1. The molecule has 0 fully saturated rings. The Morgan fingerprint density at radius 3 is 2.79 bits per heavy atom. The second-order valence-electron chi connectivity index (χ2n) is 5.27. The number of hydrogen-bond donors (Lipinski definition) is 1. The number of rotatable bonds is 4. The van der Waals surface area contributed by atoms with E-state index in [-0.39, 0.29) is 17.2 Å². The molecule has 2 heterocycles. The standard InChI is InChI=1S/C16H18N4O2S2/c1-11-14(18-13(21)10-24-16-17-8-9-23-16)15(22)20(19(11)2)12-6-4-3-5-7-12/h3-7H,8-10H2,1-2H3,(H,18,21). The molecule has 1 aromatic carbocycles. The number of benzene rings is 1. The molecule has 0 atom stereocenters. The monoisotopic (exact) mass is 362 g/mol. The van der Waals surface area contributed by atoms with Crippen LogP contribution in [0.5, 0.6) is 0 Å². The van der Waals surface area contributed by atoms with Crippen LogP contribution in [0.3, 0.4) is 0 Å². The zero-order valence-corrected chi connectivity index (χ0v) is 15.1. The quantitative estimate of drug-likeness (QED) is 0.906. The van der Waals surface area contributed by atoms with E-state index in [1.54, 1.807) is 28.2 Å². The summed E-state index contributed by atoms with van der Waals surface area (Å²) in [6.45, 7) is 2.63. The fourth-order valence-corrected chi connectivity index (χ4v) is 4.23. The summed E-state index contributed by atoms with van der Waals surface area (Å²) in [6.07, 6.45) is 0. The van der Waals surface area contributed by atoms with Crippen LogP contribution in [0, 0.1) is 6.92 Å². The molecule has 1 N–H and O–H groups in total. The predicted molar refractivity (Wildman–Crippen MR) is 102 cm³/mol. The normalized spacial score (nSPS) is 13.8. The smallest absolute Gasteiger partial charge is 0.295 e. The number of nitrogens with zero attached hydrogens (tertiary/aromatic N) is 3. The van der Waals surface area contributed by atoms with Gasteiger partial charge in [0.2, 0.25) is 5.91 Å². The van der Waals surface area contributed by atoms with Gasteiger partial charge < -0.3 is 5.32 Å². The van der Waals surface area contributed by atoms with Gasteiger partial charge in [0.05, 0.1) is 23.7 Å². The van der Waals surface area contributed by atoms with Crippen LogP contribution in [0.2, 0.25) is 0 Å². The first-order chi connectivity index (χ1) is 11.6. The number of thioether (sulfide) groups is 2. The average molecular weight is 362 g/mol.